The lowest BCUT2D eigenvalue weighted by Gasteiger charge is -2.20. The minimum atomic E-state index is -0.0236. The number of benzene rings is 1. The van der Waals surface area contributed by atoms with Crippen molar-refractivity contribution in [1.29, 1.82) is 0 Å². The van der Waals surface area contributed by atoms with Gasteiger partial charge in [0.15, 0.2) is 0 Å². The average Bonchev–Trinajstić information content (AvgIpc) is 2.54. The maximum Gasteiger partial charge on any atom is 0.258 e. The summed E-state index contributed by atoms with van der Waals surface area (Å²) in [5, 5.41) is 0. The van der Waals surface area contributed by atoms with Crippen molar-refractivity contribution >= 4 is 17.4 Å². The molecule has 0 spiro atoms. The molecule has 0 aliphatic carbocycles. The molecule has 0 unspecified atom stereocenters. The van der Waals surface area contributed by atoms with Gasteiger partial charge in [-0.15, -0.1) is 11.8 Å². The van der Waals surface area contributed by atoms with E-state index in [1.165, 1.54) is 16.0 Å². The molecule has 0 aliphatic rings. The summed E-state index contributed by atoms with van der Waals surface area (Å²) < 4.78 is 1.61. The molecule has 3 nitrogen and oxygen atoms in total. The molecule has 0 saturated carbocycles. The summed E-state index contributed by atoms with van der Waals surface area (Å²) in [4.78, 5) is 18.2. The van der Waals surface area contributed by atoms with Crippen LogP contribution in [0.5, 0.6) is 0 Å². The van der Waals surface area contributed by atoms with Gasteiger partial charge in [0.1, 0.15) is 5.65 Å². The van der Waals surface area contributed by atoms with E-state index in [0.29, 0.717) is 11.4 Å². The van der Waals surface area contributed by atoms with Crippen LogP contribution in [0.15, 0.2) is 52.3 Å². The van der Waals surface area contributed by atoms with Gasteiger partial charge in [-0.05, 0) is 48.1 Å². The first-order chi connectivity index (χ1) is 11.7. The molecule has 2 aromatic heterocycles. The lowest BCUT2D eigenvalue weighted by atomic mass is 9.87. The lowest BCUT2D eigenvalue weighted by Crippen LogP contribution is -2.15. The molecule has 0 atom stereocenters. The summed E-state index contributed by atoms with van der Waals surface area (Å²) in [6.45, 7) is 10.8. The summed E-state index contributed by atoms with van der Waals surface area (Å²) in [6.07, 6.45) is 1.83. The number of fused-ring (bicyclic) bond motifs is 1. The van der Waals surface area contributed by atoms with E-state index in [1.54, 1.807) is 22.2 Å². The van der Waals surface area contributed by atoms with Crippen molar-refractivity contribution in [3.63, 3.8) is 0 Å². The van der Waals surface area contributed by atoms with Gasteiger partial charge in [-0.2, -0.15) is 0 Å². The van der Waals surface area contributed by atoms with Crippen LogP contribution in [0.3, 0.4) is 0 Å². The first kappa shape index (κ1) is 17.7. The standard InChI is InChI=1S/C21H24N2OS/c1-14-6-9-19-22-17(11-20(24)23(19)12-14)13-25-18-10-16(21(3,4)5)8-7-15(18)2/h6-12H,13H2,1-5H3. The number of aryl methyl sites for hydroxylation is 2. The number of thioether (sulfide) groups is 1. The van der Waals surface area contributed by atoms with Crippen LogP contribution < -0.4 is 5.56 Å². The summed E-state index contributed by atoms with van der Waals surface area (Å²) in [7, 11) is 0. The maximum absolute atomic E-state index is 12.3. The maximum atomic E-state index is 12.3. The molecule has 0 radical (unpaired) electrons. The fourth-order valence-corrected chi connectivity index (χ4v) is 3.66. The topological polar surface area (TPSA) is 34.4 Å². The quantitative estimate of drug-likeness (QED) is 0.629. The number of rotatable bonds is 3. The van der Waals surface area contributed by atoms with Crippen LogP contribution >= 0.6 is 11.8 Å². The Morgan fingerprint density at radius 1 is 1.08 bits per heavy atom. The van der Waals surface area contributed by atoms with E-state index in [4.69, 9.17) is 0 Å². The second-order valence-corrected chi connectivity index (χ2v) is 8.56. The minimum Gasteiger partial charge on any atom is -0.269 e. The van der Waals surface area contributed by atoms with Crippen LogP contribution in [0, 0.1) is 13.8 Å². The van der Waals surface area contributed by atoms with Crippen LogP contribution in [0.2, 0.25) is 0 Å². The van der Waals surface area contributed by atoms with E-state index >= 15 is 0 Å². The van der Waals surface area contributed by atoms with E-state index in [0.717, 1.165) is 11.3 Å². The van der Waals surface area contributed by atoms with E-state index in [2.05, 4.69) is 50.9 Å². The van der Waals surface area contributed by atoms with Gasteiger partial charge in [-0.1, -0.05) is 39.0 Å². The normalized spacial score (nSPS) is 11.9. The predicted molar refractivity (Wildman–Crippen MR) is 106 cm³/mol. The third-order valence-electron chi connectivity index (χ3n) is 4.29. The number of hydrogen-bond donors (Lipinski definition) is 0. The fraction of sp³-hybridized carbons (Fsp3) is 0.333. The smallest absolute Gasteiger partial charge is 0.258 e. The summed E-state index contributed by atoms with van der Waals surface area (Å²) in [6, 6.07) is 12.2. The van der Waals surface area contributed by atoms with Crippen LogP contribution in [0.1, 0.15) is 43.2 Å². The highest BCUT2D eigenvalue weighted by Gasteiger charge is 2.15. The zero-order chi connectivity index (χ0) is 18.2. The molecule has 0 fully saturated rings. The molecule has 130 valence electrons. The molecule has 4 heteroatoms. The van der Waals surface area contributed by atoms with Crippen molar-refractivity contribution < 1.29 is 0 Å². The molecule has 1 aromatic carbocycles. The fourth-order valence-electron chi connectivity index (χ4n) is 2.71. The molecule has 2 heterocycles. The zero-order valence-corrected chi connectivity index (χ0v) is 16.3. The molecule has 3 aromatic rings. The molecule has 0 bridgehead atoms. The molecule has 0 amide bonds. The van der Waals surface area contributed by atoms with Gasteiger partial charge in [0, 0.05) is 22.9 Å². The summed E-state index contributed by atoms with van der Waals surface area (Å²) in [5.41, 5.74) is 5.25. The lowest BCUT2D eigenvalue weighted by molar-refractivity contribution is 0.588. The van der Waals surface area contributed by atoms with Gasteiger partial charge in [0.05, 0.1) is 5.69 Å². The second-order valence-electron chi connectivity index (χ2n) is 7.54. The van der Waals surface area contributed by atoms with Crippen LogP contribution in [0.25, 0.3) is 5.65 Å². The van der Waals surface area contributed by atoms with Crippen molar-refractivity contribution in [2.75, 3.05) is 0 Å². The van der Waals surface area contributed by atoms with Gasteiger partial charge in [0.2, 0.25) is 0 Å². The Balaban J connectivity index is 1.88. The van der Waals surface area contributed by atoms with Crippen molar-refractivity contribution in [2.45, 2.75) is 50.7 Å². The Hall–Kier alpha value is -2.07. The monoisotopic (exact) mass is 352 g/mol. The van der Waals surface area contributed by atoms with Crippen LogP contribution in [-0.2, 0) is 11.2 Å². The zero-order valence-electron chi connectivity index (χ0n) is 15.5. The number of hydrogen-bond acceptors (Lipinski definition) is 3. The molecular weight excluding hydrogens is 328 g/mol. The number of pyridine rings is 1. The number of nitrogens with zero attached hydrogens (tertiary/aromatic N) is 2. The molecule has 3 rings (SSSR count). The highest BCUT2D eigenvalue weighted by atomic mass is 32.2. The first-order valence-electron chi connectivity index (χ1n) is 8.47. The Bertz CT molecular complexity index is 983. The van der Waals surface area contributed by atoms with Crippen molar-refractivity contribution in [1.82, 2.24) is 9.38 Å². The molecule has 0 N–H and O–H groups in total. The van der Waals surface area contributed by atoms with Gasteiger partial charge >= 0.3 is 0 Å². The SMILES string of the molecule is Cc1ccc2nc(CSc3cc(C(C)(C)C)ccc3C)cc(=O)n2c1. The van der Waals surface area contributed by atoms with Crippen molar-refractivity contribution in [3.8, 4) is 0 Å². The first-order valence-corrected chi connectivity index (χ1v) is 9.45. The third-order valence-corrected chi connectivity index (χ3v) is 5.48. The van der Waals surface area contributed by atoms with Crippen LogP contribution in [0.4, 0.5) is 0 Å². The van der Waals surface area contributed by atoms with Gasteiger partial charge in [-0.25, -0.2) is 4.98 Å². The summed E-state index contributed by atoms with van der Waals surface area (Å²) >= 11 is 1.74. The van der Waals surface area contributed by atoms with E-state index in [9.17, 15) is 4.79 Å². The molecule has 0 aliphatic heterocycles. The van der Waals surface area contributed by atoms with Gasteiger partial charge in [0.25, 0.3) is 5.56 Å². The number of aromatic nitrogens is 2. The van der Waals surface area contributed by atoms with Crippen LogP contribution in [-0.4, -0.2) is 9.38 Å². The Morgan fingerprint density at radius 3 is 2.56 bits per heavy atom. The third kappa shape index (κ3) is 3.96. The van der Waals surface area contributed by atoms with E-state index in [1.807, 2.05) is 25.3 Å². The van der Waals surface area contributed by atoms with Crippen molar-refractivity contribution in [3.05, 3.63) is 75.3 Å². The highest BCUT2D eigenvalue weighted by molar-refractivity contribution is 7.98. The minimum absolute atomic E-state index is 0.0236. The van der Waals surface area contributed by atoms with Gasteiger partial charge in [-0.3, -0.25) is 9.20 Å². The largest absolute Gasteiger partial charge is 0.269 e. The highest BCUT2D eigenvalue weighted by Crippen LogP contribution is 2.31. The predicted octanol–water partition coefficient (Wildman–Crippen LogP) is 4.90. The Labute approximate surface area is 153 Å². The summed E-state index contributed by atoms with van der Waals surface area (Å²) in [5.74, 6) is 0.689. The Morgan fingerprint density at radius 2 is 1.84 bits per heavy atom. The van der Waals surface area contributed by atoms with E-state index < -0.39 is 0 Å². The molecule has 0 saturated heterocycles. The second kappa shape index (κ2) is 6.68. The van der Waals surface area contributed by atoms with Gasteiger partial charge < -0.3 is 0 Å². The molecular formula is C21H24N2OS. The van der Waals surface area contributed by atoms with E-state index in [-0.39, 0.29) is 11.0 Å². The van der Waals surface area contributed by atoms with Crippen molar-refractivity contribution in [2.24, 2.45) is 0 Å². The molecule has 25 heavy (non-hydrogen) atoms. The average molecular weight is 353 g/mol. The Kier molecular flexibility index (Phi) is 4.74.